The van der Waals surface area contributed by atoms with E-state index in [1.807, 2.05) is 24.7 Å². The zero-order valence-corrected chi connectivity index (χ0v) is 12.4. The molecule has 2 aromatic heterocycles. The van der Waals surface area contributed by atoms with Gasteiger partial charge in [0.1, 0.15) is 0 Å². The zero-order valence-electron chi connectivity index (χ0n) is 12.4. The molecule has 1 unspecified atom stereocenters. The fourth-order valence-electron chi connectivity index (χ4n) is 2.63. The lowest BCUT2D eigenvalue weighted by Gasteiger charge is -2.19. The zero-order chi connectivity index (χ0) is 14.7. The first-order valence-electron chi connectivity index (χ1n) is 7.27. The van der Waals surface area contributed by atoms with E-state index in [1.54, 1.807) is 0 Å². The van der Waals surface area contributed by atoms with Gasteiger partial charge in [0.15, 0.2) is 0 Å². The molecule has 1 atom stereocenters. The number of fused-ring (bicyclic) bond motifs is 1. The van der Waals surface area contributed by atoms with E-state index in [1.165, 1.54) is 22.1 Å². The number of hydrogen-bond donors (Lipinski definition) is 1. The third-order valence-corrected chi connectivity index (χ3v) is 3.60. The van der Waals surface area contributed by atoms with Crippen molar-refractivity contribution in [3.63, 3.8) is 0 Å². The smallest absolute Gasteiger partial charge is 0.0705 e. The summed E-state index contributed by atoms with van der Waals surface area (Å²) in [6.45, 7) is 5.09. The lowest BCUT2D eigenvalue weighted by Crippen LogP contribution is -2.22. The van der Waals surface area contributed by atoms with Crippen LogP contribution in [0.3, 0.4) is 0 Å². The van der Waals surface area contributed by atoms with Crippen LogP contribution in [0, 0.1) is 6.92 Å². The maximum Gasteiger partial charge on any atom is 0.0705 e. The van der Waals surface area contributed by atoms with Gasteiger partial charge in [0, 0.05) is 24.0 Å². The monoisotopic (exact) mass is 277 g/mol. The van der Waals surface area contributed by atoms with Gasteiger partial charge < -0.3 is 5.32 Å². The van der Waals surface area contributed by atoms with E-state index < -0.39 is 0 Å². The summed E-state index contributed by atoms with van der Waals surface area (Å²) in [5.74, 6) is 0. The van der Waals surface area contributed by atoms with E-state index in [4.69, 9.17) is 0 Å². The van der Waals surface area contributed by atoms with Gasteiger partial charge in [-0.25, -0.2) is 0 Å². The first-order chi connectivity index (χ1) is 10.3. The maximum absolute atomic E-state index is 4.45. The highest BCUT2D eigenvalue weighted by molar-refractivity contribution is 5.79. The van der Waals surface area contributed by atoms with E-state index in [2.05, 4.69) is 59.5 Å². The molecule has 3 aromatic rings. The van der Waals surface area contributed by atoms with E-state index in [-0.39, 0.29) is 6.04 Å². The lowest BCUT2D eigenvalue weighted by atomic mass is 9.98. The topological polar surface area (TPSA) is 37.8 Å². The molecule has 0 fully saturated rings. The molecule has 2 heterocycles. The van der Waals surface area contributed by atoms with Gasteiger partial charge >= 0.3 is 0 Å². The lowest BCUT2D eigenvalue weighted by molar-refractivity contribution is 0.628. The molecular weight excluding hydrogens is 258 g/mol. The number of pyridine rings is 2. The summed E-state index contributed by atoms with van der Waals surface area (Å²) in [6.07, 6.45) is 5.65. The van der Waals surface area contributed by atoms with Gasteiger partial charge in [-0.3, -0.25) is 9.97 Å². The Kier molecular flexibility index (Phi) is 3.93. The minimum absolute atomic E-state index is 0.147. The van der Waals surface area contributed by atoms with Crippen LogP contribution in [0.15, 0.2) is 55.0 Å². The molecule has 1 N–H and O–H groups in total. The fraction of sp³-hybridized carbons (Fsp3) is 0.222. The van der Waals surface area contributed by atoms with Crippen LogP contribution in [-0.4, -0.2) is 16.5 Å². The van der Waals surface area contributed by atoms with Gasteiger partial charge in [-0.1, -0.05) is 31.2 Å². The molecule has 3 nitrogen and oxygen atoms in total. The molecule has 0 aliphatic carbocycles. The fourth-order valence-corrected chi connectivity index (χ4v) is 2.63. The van der Waals surface area contributed by atoms with Crippen molar-refractivity contribution in [3.05, 3.63) is 71.7 Å². The molecule has 3 rings (SSSR count). The Hall–Kier alpha value is -2.26. The number of nitrogens with zero attached hydrogens (tertiary/aromatic N) is 2. The Balaban J connectivity index is 2.06. The van der Waals surface area contributed by atoms with Crippen molar-refractivity contribution in [3.8, 4) is 0 Å². The van der Waals surface area contributed by atoms with Gasteiger partial charge in [0.05, 0.1) is 11.6 Å². The summed E-state index contributed by atoms with van der Waals surface area (Å²) < 4.78 is 0. The van der Waals surface area contributed by atoms with E-state index in [0.29, 0.717) is 0 Å². The second kappa shape index (κ2) is 6.02. The van der Waals surface area contributed by atoms with E-state index >= 15 is 0 Å². The van der Waals surface area contributed by atoms with Crippen molar-refractivity contribution in [1.29, 1.82) is 0 Å². The molecule has 0 spiro atoms. The van der Waals surface area contributed by atoms with Gasteiger partial charge in [-0.05, 0) is 42.3 Å². The second-order valence-corrected chi connectivity index (χ2v) is 5.24. The van der Waals surface area contributed by atoms with Crippen LogP contribution in [0.2, 0.25) is 0 Å². The van der Waals surface area contributed by atoms with Gasteiger partial charge in [-0.2, -0.15) is 0 Å². The summed E-state index contributed by atoms with van der Waals surface area (Å²) in [5, 5.41) is 4.70. The molecule has 0 saturated heterocycles. The van der Waals surface area contributed by atoms with Crippen molar-refractivity contribution in [2.75, 3.05) is 6.54 Å². The van der Waals surface area contributed by atoms with Gasteiger partial charge in [0.25, 0.3) is 0 Å². The molecule has 0 aliphatic rings. The molecule has 3 heteroatoms. The molecule has 0 saturated carbocycles. The highest BCUT2D eigenvalue weighted by Crippen LogP contribution is 2.24. The largest absolute Gasteiger partial charge is 0.306 e. The first kappa shape index (κ1) is 13.7. The standard InChI is InChI=1S/C18H19N3/c1-3-20-18(16-9-13(2)11-19-12-16)15-7-6-14-5-4-8-21-17(14)10-15/h4-12,18,20H,3H2,1-2H3. The minimum atomic E-state index is 0.147. The molecule has 0 radical (unpaired) electrons. The quantitative estimate of drug-likeness (QED) is 0.791. The van der Waals surface area contributed by atoms with Crippen molar-refractivity contribution in [2.45, 2.75) is 19.9 Å². The average molecular weight is 277 g/mol. The normalized spacial score (nSPS) is 12.5. The Morgan fingerprint density at radius 3 is 2.81 bits per heavy atom. The molecule has 0 bridgehead atoms. The van der Waals surface area contributed by atoms with Crippen molar-refractivity contribution >= 4 is 10.9 Å². The Morgan fingerprint density at radius 1 is 1.10 bits per heavy atom. The average Bonchev–Trinajstić information content (AvgIpc) is 2.52. The van der Waals surface area contributed by atoms with Crippen LogP contribution in [-0.2, 0) is 0 Å². The predicted octanol–water partition coefficient (Wildman–Crippen LogP) is 3.64. The van der Waals surface area contributed by atoms with Gasteiger partial charge in [0.2, 0.25) is 0 Å². The molecule has 0 aliphatic heterocycles. The summed E-state index contributed by atoms with van der Waals surface area (Å²) in [5.41, 5.74) is 4.61. The number of rotatable bonds is 4. The van der Waals surface area contributed by atoms with Crippen molar-refractivity contribution in [2.24, 2.45) is 0 Å². The number of nitrogens with one attached hydrogen (secondary N) is 1. The number of aryl methyl sites for hydroxylation is 1. The van der Waals surface area contributed by atoms with Crippen LogP contribution in [0.4, 0.5) is 0 Å². The van der Waals surface area contributed by atoms with E-state index in [9.17, 15) is 0 Å². The SMILES string of the molecule is CCNC(c1cncc(C)c1)c1ccc2cccnc2c1. The summed E-state index contributed by atoms with van der Waals surface area (Å²) >= 11 is 0. The van der Waals surface area contributed by atoms with Crippen molar-refractivity contribution in [1.82, 2.24) is 15.3 Å². The second-order valence-electron chi connectivity index (χ2n) is 5.24. The first-order valence-corrected chi connectivity index (χ1v) is 7.27. The van der Waals surface area contributed by atoms with Crippen LogP contribution in [0.1, 0.15) is 29.7 Å². The molecule has 1 aromatic carbocycles. The Bertz CT molecular complexity index is 752. The van der Waals surface area contributed by atoms with Crippen molar-refractivity contribution < 1.29 is 0 Å². The number of aromatic nitrogens is 2. The molecule has 106 valence electrons. The van der Waals surface area contributed by atoms with Crippen LogP contribution < -0.4 is 5.32 Å². The van der Waals surface area contributed by atoms with Crippen LogP contribution in [0.25, 0.3) is 10.9 Å². The van der Waals surface area contributed by atoms with Crippen LogP contribution >= 0.6 is 0 Å². The Labute approximate surface area is 125 Å². The minimum Gasteiger partial charge on any atom is -0.306 e. The molecular formula is C18H19N3. The summed E-state index contributed by atoms with van der Waals surface area (Å²) in [4.78, 5) is 8.77. The molecule has 0 amide bonds. The number of benzene rings is 1. The van der Waals surface area contributed by atoms with E-state index in [0.717, 1.165) is 12.1 Å². The molecule has 21 heavy (non-hydrogen) atoms. The summed E-state index contributed by atoms with van der Waals surface area (Å²) in [7, 11) is 0. The maximum atomic E-state index is 4.45. The predicted molar refractivity (Wildman–Crippen MR) is 86.2 cm³/mol. The third-order valence-electron chi connectivity index (χ3n) is 3.60. The summed E-state index contributed by atoms with van der Waals surface area (Å²) in [6, 6.07) is 12.8. The highest BCUT2D eigenvalue weighted by Gasteiger charge is 2.14. The highest BCUT2D eigenvalue weighted by atomic mass is 14.9. The Morgan fingerprint density at radius 2 is 2.00 bits per heavy atom. The third kappa shape index (κ3) is 2.93. The number of hydrogen-bond acceptors (Lipinski definition) is 3. The van der Waals surface area contributed by atoms with Crippen LogP contribution in [0.5, 0.6) is 0 Å². The van der Waals surface area contributed by atoms with Gasteiger partial charge in [-0.15, -0.1) is 0 Å².